The number of H-pyrrole nitrogens is 1. The van der Waals surface area contributed by atoms with E-state index in [2.05, 4.69) is 21.5 Å². The number of amides is 1. The number of ether oxygens (including phenoxy) is 2. The molecule has 0 fully saturated rings. The number of nitrogens with two attached hydrogens (primary N) is 1. The van der Waals surface area contributed by atoms with E-state index in [1.807, 2.05) is 6.07 Å². The number of anilines is 2. The summed E-state index contributed by atoms with van der Waals surface area (Å²) in [6.45, 7) is 0. The van der Waals surface area contributed by atoms with Crippen molar-refractivity contribution in [1.29, 1.82) is 5.26 Å². The maximum absolute atomic E-state index is 11.4. The SMILES string of the molecule is COc1ccc(Nc2c(-c3ccc(C(N)=O)cc3)nc3c(C#N)c[nH]n23)cc1OC. The van der Waals surface area contributed by atoms with Crippen molar-refractivity contribution < 1.29 is 14.3 Å². The molecule has 9 heteroatoms. The van der Waals surface area contributed by atoms with Crippen molar-refractivity contribution in [1.82, 2.24) is 14.6 Å². The van der Waals surface area contributed by atoms with Gasteiger partial charge in [-0.2, -0.15) is 5.26 Å². The number of primary amides is 1. The van der Waals surface area contributed by atoms with Crippen LogP contribution in [-0.4, -0.2) is 34.7 Å². The van der Waals surface area contributed by atoms with Gasteiger partial charge in [0.2, 0.25) is 5.91 Å². The number of imidazole rings is 1. The van der Waals surface area contributed by atoms with Crippen LogP contribution in [0.4, 0.5) is 11.5 Å². The van der Waals surface area contributed by atoms with Crippen LogP contribution < -0.4 is 20.5 Å². The van der Waals surface area contributed by atoms with Gasteiger partial charge >= 0.3 is 0 Å². The summed E-state index contributed by atoms with van der Waals surface area (Å²) in [5, 5.41) is 15.7. The smallest absolute Gasteiger partial charge is 0.248 e. The highest BCUT2D eigenvalue weighted by atomic mass is 16.5. The molecule has 4 aromatic rings. The quantitative estimate of drug-likeness (QED) is 0.454. The van der Waals surface area contributed by atoms with Crippen LogP contribution in [0.25, 0.3) is 16.9 Å². The van der Waals surface area contributed by atoms with Crippen molar-refractivity contribution in [2.45, 2.75) is 0 Å². The summed E-state index contributed by atoms with van der Waals surface area (Å²) in [6, 6.07) is 14.3. The second kappa shape index (κ2) is 7.52. The first-order valence-corrected chi connectivity index (χ1v) is 8.95. The lowest BCUT2D eigenvalue weighted by Gasteiger charge is -2.12. The van der Waals surface area contributed by atoms with Gasteiger partial charge in [0, 0.05) is 29.1 Å². The molecule has 30 heavy (non-hydrogen) atoms. The largest absolute Gasteiger partial charge is 0.493 e. The van der Waals surface area contributed by atoms with Crippen LogP contribution in [0.2, 0.25) is 0 Å². The molecule has 9 nitrogen and oxygen atoms in total. The Balaban J connectivity index is 1.83. The Labute approximate surface area is 171 Å². The number of methoxy groups -OCH3 is 2. The number of carbonyl (C=O) groups excluding carboxylic acids is 1. The topological polar surface area (TPSA) is 130 Å². The first kappa shape index (κ1) is 18.9. The minimum absolute atomic E-state index is 0.399. The number of hydrogen-bond acceptors (Lipinski definition) is 6. The van der Waals surface area contributed by atoms with Gasteiger partial charge in [0.05, 0.1) is 14.2 Å². The van der Waals surface area contributed by atoms with Gasteiger partial charge in [-0.05, 0) is 24.3 Å². The molecule has 0 atom stereocenters. The lowest BCUT2D eigenvalue weighted by Crippen LogP contribution is -2.10. The molecular weight excluding hydrogens is 384 g/mol. The molecule has 0 aliphatic heterocycles. The molecule has 2 heterocycles. The Hall–Kier alpha value is -4.45. The predicted molar refractivity (Wildman–Crippen MR) is 111 cm³/mol. The first-order valence-electron chi connectivity index (χ1n) is 8.95. The summed E-state index contributed by atoms with van der Waals surface area (Å²) in [7, 11) is 3.14. The zero-order chi connectivity index (χ0) is 21.3. The highest BCUT2D eigenvalue weighted by molar-refractivity contribution is 5.93. The summed E-state index contributed by atoms with van der Waals surface area (Å²) in [6.07, 6.45) is 1.59. The molecule has 0 aliphatic rings. The molecule has 2 aromatic heterocycles. The minimum atomic E-state index is -0.506. The molecule has 150 valence electrons. The van der Waals surface area contributed by atoms with Gasteiger partial charge in [0.1, 0.15) is 17.3 Å². The van der Waals surface area contributed by atoms with Gasteiger partial charge in [-0.15, -0.1) is 0 Å². The minimum Gasteiger partial charge on any atom is -0.493 e. The maximum Gasteiger partial charge on any atom is 0.248 e. The third-order valence-corrected chi connectivity index (χ3v) is 4.67. The second-order valence-corrected chi connectivity index (χ2v) is 6.40. The normalized spacial score (nSPS) is 10.6. The van der Waals surface area contributed by atoms with Crippen LogP contribution in [0, 0.1) is 11.3 Å². The van der Waals surface area contributed by atoms with Gasteiger partial charge in [-0.25, -0.2) is 9.50 Å². The van der Waals surface area contributed by atoms with E-state index in [1.54, 1.807) is 61.3 Å². The number of nitrogens with zero attached hydrogens (tertiary/aromatic N) is 3. The first-order chi connectivity index (χ1) is 14.5. The van der Waals surface area contributed by atoms with Gasteiger partial charge in [0.15, 0.2) is 23.0 Å². The van der Waals surface area contributed by atoms with Crippen molar-refractivity contribution in [3.05, 3.63) is 59.8 Å². The summed E-state index contributed by atoms with van der Waals surface area (Å²) < 4.78 is 12.3. The Kier molecular flexibility index (Phi) is 4.74. The van der Waals surface area contributed by atoms with Gasteiger partial charge < -0.3 is 20.5 Å². The van der Waals surface area contributed by atoms with Crippen molar-refractivity contribution in [2.24, 2.45) is 5.73 Å². The molecule has 0 saturated heterocycles. The van der Waals surface area contributed by atoms with Crippen molar-refractivity contribution >= 4 is 23.1 Å². The number of aromatic amines is 1. The number of carbonyl (C=O) groups is 1. The molecule has 0 bridgehead atoms. The van der Waals surface area contributed by atoms with E-state index < -0.39 is 5.91 Å². The van der Waals surface area contributed by atoms with E-state index in [0.717, 1.165) is 11.3 Å². The molecule has 0 saturated carbocycles. The van der Waals surface area contributed by atoms with Crippen LogP contribution in [-0.2, 0) is 0 Å². The van der Waals surface area contributed by atoms with Crippen LogP contribution >= 0.6 is 0 Å². The number of fused-ring (bicyclic) bond motifs is 1. The molecule has 0 unspecified atom stereocenters. The molecule has 4 N–H and O–H groups in total. The highest BCUT2D eigenvalue weighted by Crippen LogP contribution is 2.35. The van der Waals surface area contributed by atoms with Crippen LogP contribution in [0.5, 0.6) is 11.5 Å². The maximum atomic E-state index is 11.4. The average molecular weight is 402 g/mol. The zero-order valence-corrected chi connectivity index (χ0v) is 16.3. The molecule has 1 amide bonds. The lowest BCUT2D eigenvalue weighted by atomic mass is 10.1. The van der Waals surface area contributed by atoms with Crippen LogP contribution in [0.3, 0.4) is 0 Å². The number of aromatic nitrogens is 3. The second-order valence-electron chi connectivity index (χ2n) is 6.40. The fraction of sp³-hybridized carbons (Fsp3) is 0.0952. The zero-order valence-electron chi connectivity index (χ0n) is 16.3. The average Bonchev–Trinajstić information content (AvgIpc) is 3.33. The Morgan fingerprint density at radius 1 is 1.17 bits per heavy atom. The molecule has 2 aromatic carbocycles. The number of nitriles is 1. The van der Waals surface area contributed by atoms with Crippen LogP contribution in [0.15, 0.2) is 48.7 Å². The van der Waals surface area contributed by atoms with E-state index in [9.17, 15) is 10.1 Å². The summed E-state index contributed by atoms with van der Waals surface area (Å²) in [4.78, 5) is 16.0. The lowest BCUT2D eigenvalue weighted by molar-refractivity contribution is 0.100. The van der Waals surface area contributed by atoms with Gasteiger partial charge in [0.25, 0.3) is 0 Å². The molecule has 0 spiro atoms. The molecule has 4 rings (SSSR count). The number of benzene rings is 2. The summed E-state index contributed by atoms with van der Waals surface area (Å²) >= 11 is 0. The van der Waals surface area contributed by atoms with E-state index in [1.165, 1.54) is 0 Å². The highest BCUT2D eigenvalue weighted by Gasteiger charge is 2.19. The molecule has 0 radical (unpaired) electrons. The molecule has 0 aliphatic carbocycles. The van der Waals surface area contributed by atoms with E-state index in [0.29, 0.717) is 39.8 Å². The fourth-order valence-corrected chi connectivity index (χ4v) is 3.16. The predicted octanol–water partition coefficient (Wildman–Crippen LogP) is 3.06. The summed E-state index contributed by atoms with van der Waals surface area (Å²) in [5.74, 6) is 1.29. The standard InChI is InChI=1S/C21H18N6O3/c1-29-16-8-7-15(9-17(16)30-2)25-21-18(12-3-5-13(6-4-12)19(23)28)26-20-14(10-22)11-24-27(20)21/h3-9,11,24-25H,1-2H3,(H2,23,28). The van der Waals surface area contributed by atoms with Gasteiger partial charge in [-0.1, -0.05) is 12.1 Å². The summed E-state index contributed by atoms with van der Waals surface area (Å²) in [5.41, 5.74) is 8.71. The Morgan fingerprint density at radius 2 is 1.90 bits per heavy atom. The third-order valence-electron chi connectivity index (χ3n) is 4.67. The van der Waals surface area contributed by atoms with E-state index in [4.69, 9.17) is 15.2 Å². The van der Waals surface area contributed by atoms with Crippen LogP contribution in [0.1, 0.15) is 15.9 Å². The number of nitrogens with one attached hydrogen (secondary N) is 2. The fourth-order valence-electron chi connectivity index (χ4n) is 3.16. The Bertz CT molecular complexity index is 1280. The van der Waals surface area contributed by atoms with Crippen molar-refractivity contribution in [3.63, 3.8) is 0 Å². The van der Waals surface area contributed by atoms with Gasteiger partial charge in [-0.3, -0.25) is 9.89 Å². The monoisotopic (exact) mass is 402 g/mol. The third kappa shape index (κ3) is 3.16. The number of rotatable bonds is 6. The van der Waals surface area contributed by atoms with E-state index in [-0.39, 0.29) is 0 Å². The van der Waals surface area contributed by atoms with Crippen molar-refractivity contribution in [2.75, 3.05) is 19.5 Å². The Morgan fingerprint density at radius 3 is 2.53 bits per heavy atom. The van der Waals surface area contributed by atoms with Crippen molar-refractivity contribution in [3.8, 4) is 28.8 Å². The molecular formula is C21H18N6O3. The number of hydrogen-bond donors (Lipinski definition) is 3. The van der Waals surface area contributed by atoms with E-state index >= 15 is 0 Å².